The average Bonchev–Trinajstić information content (AvgIpc) is 2.97. The topological polar surface area (TPSA) is 42.0 Å². The van der Waals surface area contributed by atoms with Crippen molar-refractivity contribution in [3.05, 3.63) is 29.3 Å². The Balaban J connectivity index is 1.39. The first-order chi connectivity index (χ1) is 14.0. The van der Waals surface area contributed by atoms with Gasteiger partial charge >= 0.3 is 6.09 Å². The normalized spacial score (nSPS) is 27.9. The number of rotatable bonds is 4. The van der Waals surface area contributed by atoms with Gasteiger partial charge < -0.3 is 19.3 Å². The van der Waals surface area contributed by atoms with E-state index in [1.54, 1.807) is 0 Å². The van der Waals surface area contributed by atoms with E-state index in [1.807, 2.05) is 11.8 Å². The molecule has 0 radical (unpaired) electrons. The van der Waals surface area contributed by atoms with Crippen molar-refractivity contribution in [2.75, 3.05) is 26.8 Å². The van der Waals surface area contributed by atoms with Crippen molar-refractivity contribution >= 4 is 6.09 Å². The summed E-state index contributed by atoms with van der Waals surface area (Å²) >= 11 is 0. The van der Waals surface area contributed by atoms with Crippen LogP contribution in [0.1, 0.15) is 56.9 Å². The Morgan fingerprint density at radius 3 is 2.31 bits per heavy atom. The third-order valence-corrected chi connectivity index (χ3v) is 6.91. The number of carbonyl (C=O) groups excluding carboxylic acids is 1. The molecule has 5 nitrogen and oxygen atoms in total. The van der Waals surface area contributed by atoms with Gasteiger partial charge in [-0.1, -0.05) is 0 Å². The number of ether oxygens (including phenoxy) is 2. The first-order valence-electron chi connectivity index (χ1n) is 10.7. The minimum atomic E-state index is -0.632. The lowest BCUT2D eigenvalue weighted by Gasteiger charge is -2.45. The second kappa shape index (κ2) is 8.46. The van der Waals surface area contributed by atoms with Gasteiger partial charge in [-0.25, -0.2) is 13.6 Å². The highest BCUT2D eigenvalue weighted by Crippen LogP contribution is 2.41. The van der Waals surface area contributed by atoms with Gasteiger partial charge in [0.2, 0.25) is 0 Å². The predicted octanol–water partition coefficient (Wildman–Crippen LogP) is 4.30. The molecule has 7 heteroatoms. The molecule has 0 aliphatic carbocycles. The molecule has 2 atom stereocenters. The third kappa shape index (κ3) is 3.93. The van der Waals surface area contributed by atoms with E-state index in [0.717, 1.165) is 57.7 Å². The van der Waals surface area contributed by atoms with Gasteiger partial charge in [0.05, 0.1) is 13.7 Å². The molecule has 1 amide bonds. The number of piperidine rings is 2. The number of methoxy groups -OCH3 is 1. The number of halogens is 2. The maximum absolute atomic E-state index is 14.1. The fraction of sp³-hybridized carbons (Fsp3) is 0.682. The van der Waals surface area contributed by atoms with E-state index in [1.165, 1.54) is 13.2 Å². The third-order valence-electron chi connectivity index (χ3n) is 6.91. The standard InChI is InChI=1S/C22H30F2N2O3/c1-3-29-22(27)26-16-4-5-17(26)13-18(12-16)25-8-6-14(7-9-25)19-10-15(23)11-20(24)21(19)28-2/h10-11,14,16-18H,3-9,12-13H2,1-2H3. The zero-order valence-corrected chi connectivity index (χ0v) is 17.2. The highest BCUT2D eigenvalue weighted by molar-refractivity contribution is 5.69. The summed E-state index contributed by atoms with van der Waals surface area (Å²) < 4.78 is 38.3. The molecule has 0 saturated carbocycles. The summed E-state index contributed by atoms with van der Waals surface area (Å²) in [7, 11) is 1.43. The number of hydrogen-bond acceptors (Lipinski definition) is 4. The molecule has 0 aromatic heterocycles. The summed E-state index contributed by atoms with van der Waals surface area (Å²) in [4.78, 5) is 16.7. The van der Waals surface area contributed by atoms with Crippen molar-refractivity contribution in [3.63, 3.8) is 0 Å². The number of carbonyl (C=O) groups is 1. The van der Waals surface area contributed by atoms with E-state index in [2.05, 4.69) is 4.90 Å². The van der Waals surface area contributed by atoms with Crippen LogP contribution in [0.2, 0.25) is 0 Å². The zero-order chi connectivity index (χ0) is 20.5. The monoisotopic (exact) mass is 408 g/mol. The number of fused-ring (bicyclic) bond motifs is 2. The molecule has 160 valence electrons. The van der Waals surface area contributed by atoms with Crippen molar-refractivity contribution in [2.24, 2.45) is 0 Å². The van der Waals surface area contributed by atoms with Crippen LogP contribution in [0.25, 0.3) is 0 Å². The lowest BCUT2D eigenvalue weighted by molar-refractivity contribution is 0.0340. The summed E-state index contributed by atoms with van der Waals surface area (Å²) in [6.45, 7) is 4.05. The Bertz CT molecular complexity index is 738. The van der Waals surface area contributed by atoms with Gasteiger partial charge in [-0.3, -0.25) is 0 Å². The van der Waals surface area contributed by atoms with Gasteiger partial charge in [-0.15, -0.1) is 0 Å². The second-order valence-corrected chi connectivity index (χ2v) is 8.44. The molecule has 3 fully saturated rings. The van der Waals surface area contributed by atoms with Gasteiger partial charge in [0, 0.05) is 29.8 Å². The molecule has 1 aromatic rings. The molecule has 2 bridgehead atoms. The van der Waals surface area contributed by atoms with Crippen LogP contribution < -0.4 is 4.74 Å². The van der Waals surface area contributed by atoms with Crippen LogP contribution >= 0.6 is 0 Å². The van der Waals surface area contributed by atoms with Crippen molar-refractivity contribution in [1.29, 1.82) is 0 Å². The maximum Gasteiger partial charge on any atom is 0.410 e. The zero-order valence-electron chi connectivity index (χ0n) is 17.2. The van der Waals surface area contributed by atoms with Crippen LogP contribution in [0.15, 0.2) is 12.1 Å². The van der Waals surface area contributed by atoms with Crippen molar-refractivity contribution in [3.8, 4) is 5.75 Å². The lowest BCUT2D eigenvalue weighted by atomic mass is 9.86. The molecule has 1 aromatic carbocycles. The second-order valence-electron chi connectivity index (χ2n) is 8.44. The number of nitrogens with zero attached hydrogens (tertiary/aromatic N) is 2. The van der Waals surface area contributed by atoms with Gasteiger partial charge in [0.25, 0.3) is 0 Å². The van der Waals surface area contributed by atoms with Gasteiger partial charge in [-0.05, 0) is 70.5 Å². The van der Waals surface area contributed by atoms with Crippen LogP contribution in [0.4, 0.5) is 13.6 Å². The Labute approximate surface area is 170 Å². The van der Waals surface area contributed by atoms with Crippen LogP contribution in [0.3, 0.4) is 0 Å². The minimum Gasteiger partial charge on any atom is -0.493 e. The van der Waals surface area contributed by atoms with E-state index >= 15 is 0 Å². The molecule has 2 unspecified atom stereocenters. The Kier molecular flexibility index (Phi) is 5.95. The van der Waals surface area contributed by atoms with E-state index in [4.69, 9.17) is 9.47 Å². The quantitative estimate of drug-likeness (QED) is 0.745. The molecule has 4 rings (SSSR count). The first-order valence-corrected chi connectivity index (χ1v) is 10.7. The largest absolute Gasteiger partial charge is 0.493 e. The first kappa shape index (κ1) is 20.4. The maximum atomic E-state index is 14.1. The Morgan fingerprint density at radius 1 is 1.07 bits per heavy atom. The molecule has 3 heterocycles. The van der Waals surface area contributed by atoms with Crippen LogP contribution in [0.5, 0.6) is 5.75 Å². The number of benzene rings is 1. The van der Waals surface area contributed by atoms with Crippen molar-refractivity contribution in [2.45, 2.75) is 69.5 Å². The van der Waals surface area contributed by atoms with Crippen LogP contribution in [-0.4, -0.2) is 60.8 Å². The minimum absolute atomic E-state index is 0.0998. The van der Waals surface area contributed by atoms with E-state index < -0.39 is 11.6 Å². The molecule has 0 N–H and O–H groups in total. The lowest BCUT2D eigenvalue weighted by Crippen LogP contribution is -2.53. The van der Waals surface area contributed by atoms with Crippen LogP contribution in [-0.2, 0) is 4.74 Å². The Hall–Kier alpha value is -1.89. The number of likely N-dealkylation sites (tertiary alicyclic amines) is 1. The molecule has 3 aliphatic heterocycles. The summed E-state index contributed by atoms with van der Waals surface area (Å²) in [6.07, 6.45) is 5.61. The summed E-state index contributed by atoms with van der Waals surface area (Å²) in [6, 6.07) is 3.30. The van der Waals surface area contributed by atoms with E-state index in [9.17, 15) is 13.6 Å². The fourth-order valence-electron chi connectivity index (χ4n) is 5.62. The summed E-state index contributed by atoms with van der Waals surface area (Å²) in [5.74, 6) is -0.912. The summed E-state index contributed by atoms with van der Waals surface area (Å²) in [5.41, 5.74) is 0.641. The predicted molar refractivity (Wildman–Crippen MR) is 105 cm³/mol. The van der Waals surface area contributed by atoms with E-state index in [-0.39, 0.29) is 29.8 Å². The highest BCUT2D eigenvalue weighted by Gasteiger charge is 2.45. The molecule has 3 saturated heterocycles. The fourth-order valence-corrected chi connectivity index (χ4v) is 5.62. The summed E-state index contributed by atoms with van der Waals surface area (Å²) in [5, 5.41) is 0. The van der Waals surface area contributed by atoms with Crippen LogP contribution in [0, 0.1) is 11.6 Å². The highest BCUT2D eigenvalue weighted by atomic mass is 19.1. The molecular formula is C22H30F2N2O3. The van der Waals surface area contributed by atoms with Crippen molar-refractivity contribution in [1.82, 2.24) is 9.80 Å². The SMILES string of the molecule is CCOC(=O)N1C2CCC1CC(N1CCC(c3cc(F)cc(F)c3OC)CC1)C2. The van der Waals surface area contributed by atoms with Gasteiger partial charge in [-0.2, -0.15) is 0 Å². The van der Waals surface area contributed by atoms with Gasteiger partial charge in [0.15, 0.2) is 11.6 Å². The molecule has 3 aliphatic rings. The molecular weight excluding hydrogens is 378 g/mol. The van der Waals surface area contributed by atoms with Gasteiger partial charge in [0.1, 0.15) is 5.82 Å². The average molecular weight is 408 g/mol. The number of amides is 1. The Morgan fingerprint density at radius 2 is 1.72 bits per heavy atom. The smallest absolute Gasteiger partial charge is 0.410 e. The van der Waals surface area contributed by atoms with Crippen molar-refractivity contribution < 1.29 is 23.0 Å². The van der Waals surface area contributed by atoms with E-state index in [0.29, 0.717) is 18.2 Å². The molecule has 29 heavy (non-hydrogen) atoms. The number of hydrogen-bond donors (Lipinski definition) is 0. The molecule has 0 spiro atoms.